The van der Waals surface area contributed by atoms with Crippen LogP contribution in [-0.2, 0) is 4.79 Å². The fourth-order valence-electron chi connectivity index (χ4n) is 3.68. The molecule has 0 saturated carbocycles. The summed E-state index contributed by atoms with van der Waals surface area (Å²) in [6, 6.07) is 13.7. The van der Waals surface area contributed by atoms with Gasteiger partial charge in [-0.2, -0.15) is 0 Å². The van der Waals surface area contributed by atoms with Crippen molar-refractivity contribution in [2.24, 2.45) is 4.99 Å². The summed E-state index contributed by atoms with van der Waals surface area (Å²) in [7, 11) is 1.73. The second kappa shape index (κ2) is 11.7. The van der Waals surface area contributed by atoms with Gasteiger partial charge in [0.1, 0.15) is 11.5 Å². The van der Waals surface area contributed by atoms with Crippen molar-refractivity contribution in [2.45, 2.75) is 0 Å². The summed E-state index contributed by atoms with van der Waals surface area (Å²) in [5.41, 5.74) is 3.92. The van der Waals surface area contributed by atoms with Crippen LogP contribution in [0.4, 0.5) is 26.0 Å². The van der Waals surface area contributed by atoms with Crippen LogP contribution in [0.2, 0.25) is 0 Å². The highest BCUT2D eigenvalue weighted by molar-refractivity contribution is 6.32. The molecule has 0 saturated heterocycles. The minimum Gasteiger partial charge on any atom is -0.387 e. The number of carbonyl (C=O) groups is 2. The molecule has 8 nitrogen and oxygen atoms in total. The van der Waals surface area contributed by atoms with Crippen LogP contribution in [0, 0.1) is 11.6 Å². The molecule has 0 spiro atoms. The first-order valence-electron chi connectivity index (χ1n) is 11.5. The molecule has 0 fully saturated rings. The van der Waals surface area contributed by atoms with Crippen LogP contribution < -0.4 is 21.3 Å². The van der Waals surface area contributed by atoms with Crippen molar-refractivity contribution < 1.29 is 18.4 Å². The number of anilines is 3. The number of halogens is 2. The normalized spacial score (nSPS) is 13.8. The van der Waals surface area contributed by atoms with E-state index in [0.717, 1.165) is 23.3 Å². The second-order valence-corrected chi connectivity index (χ2v) is 8.11. The molecule has 0 unspecified atom stereocenters. The Labute approximate surface area is 217 Å². The number of benzene rings is 2. The molecule has 0 radical (unpaired) electrons. The first-order valence-corrected chi connectivity index (χ1v) is 11.5. The summed E-state index contributed by atoms with van der Waals surface area (Å²) < 4.78 is 26.6. The van der Waals surface area contributed by atoms with Gasteiger partial charge in [-0.3, -0.25) is 14.6 Å². The van der Waals surface area contributed by atoms with Gasteiger partial charge in [0.25, 0.3) is 11.8 Å². The zero-order valence-electron chi connectivity index (χ0n) is 20.4. The SMILES string of the molecule is C=N/C=C(/C=C1\C(=O)Nc2cc(/C=C/CNC(=O)c3cccc(Nc4ccc(F)c(F)c4)n3)ccc21)NC. The molecule has 1 aromatic heterocycles. The summed E-state index contributed by atoms with van der Waals surface area (Å²) in [6.45, 7) is 3.66. The molecule has 0 atom stereocenters. The van der Waals surface area contributed by atoms with Crippen molar-refractivity contribution in [3.05, 3.63) is 107 Å². The van der Waals surface area contributed by atoms with Gasteiger partial charge >= 0.3 is 0 Å². The Morgan fingerprint density at radius 1 is 1.13 bits per heavy atom. The van der Waals surface area contributed by atoms with E-state index in [0.29, 0.717) is 28.5 Å². The largest absolute Gasteiger partial charge is 0.387 e. The molecule has 4 N–H and O–H groups in total. The zero-order valence-corrected chi connectivity index (χ0v) is 20.4. The molecule has 3 aromatic rings. The number of hydrogen-bond acceptors (Lipinski definition) is 6. The molecule has 2 heterocycles. The topological polar surface area (TPSA) is 108 Å². The van der Waals surface area contributed by atoms with Gasteiger partial charge in [0.2, 0.25) is 0 Å². The third-order valence-corrected chi connectivity index (χ3v) is 5.51. The number of likely N-dealkylation sites (N-methyl/N-ethyl adjacent to an activating group) is 1. The number of aromatic nitrogens is 1. The third-order valence-electron chi connectivity index (χ3n) is 5.51. The highest BCUT2D eigenvalue weighted by atomic mass is 19.2. The number of nitrogens with one attached hydrogen (secondary N) is 4. The van der Waals surface area contributed by atoms with E-state index in [-0.39, 0.29) is 18.1 Å². The fraction of sp³-hybridized carbons (Fsp3) is 0.0714. The lowest BCUT2D eigenvalue weighted by Gasteiger charge is -2.08. The lowest BCUT2D eigenvalue weighted by atomic mass is 10.0. The summed E-state index contributed by atoms with van der Waals surface area (Å²) in [5, 5.41) is 11.4. The Morgan fingerprint density at radius 3 is 2.74 bits per heavy atom. The van der Waals surface area contributed by atoms with Gasteiger partial charge in [0.15, 0.2) is 11.6 Å². The minimum atomic E-state index is -0.987. The quantitative estimate of drug-likeness (QED) is 0.246. The van der Waals surface area contributed by atoms with Crippen molar-refractivity contribution in [3.63, 3.8) is 0 Å². The Balaban J connectivity index is 1.37. The van der Waals surface area contributed by atoms with E-state index >= 15 is 0 Å². The number of aliphatic imine (C=N–C) groups is 1. The molecule has 1 aliphatic heterocycles. The second-order valence-electron chi connectivity index (χ2n) is 8.11. The molecule has 2 aromatic carbocycles. The number of rotatable bonds is 9. The van der Waals surface area contributed by atoms with Gasteiger partial charge in [-0.25, -0.2) is 13.8 Å². The average molecular weight is 515 g/mol. The first-order chi connectivity index (χ1) is 18.4. The van der Waals surface area contributed by atoms with E-state index in [9.17, 15) is 18.4 Å². The molecule has 1 aliphatic rings. The van der Waals surface area contributed by atoms with E-state index in [1.54, 1.807) is 37.4 Å². The number of pyridine rings is 1. The fourth-order valence-corrected chi connectivity index (χ4v) is 3.68. The maximum atomic E-state index is 13.4. The maximum absolute atomic E-state index is 13.4. The smallest absolute Gasteiger partial charge is 0.270 e. The minimum absolute atomic E-state index is 0.159. The Bertz CT molecular complexity index is 1500. The van der Waals surface area contributed by atoms with E-state index in [1.165, 1.54) is 12.3 Å². The molecule has 38 heavy (non-hydrogen) atoms. The zero-order chi connectivity index (χ0) is 27.1. The highest BCUT2D eigenvalue weighted by Gasteiger charge is 2.24. The van der Waals surface area contributed by atoms with Crippen LogP contribution in [0.1, 0.15) is 21.6 Å². The number of fused-ring (bicyclic) bond motifs is 1. The van der Waals surface area contributed by atoms with Crippen molar-refractivity contribution in [2.75, 3.05) is 24.2 Å². The van der Waals surface area contributed by atoms with Crippen LogP contribution in [-0.4, -0.2) is 37.1 Å². The molecular weight excluding hydrogens is 490 g/mol. The van der Waals surface area contributed by atoms with Crippen LogP contribution in [0.3, 0.4) is 0 Å². The van der Waals surface area contributed by atoms with Crippen molar-refractivity contribution in [3.8, 4) is 0 Å². The van der Waals surface area contributed by atoms with Crippen LogP contribution in [0.5, 0.6) is 0 Å². The van der Waals surface area contributed by atoms with E-state index < -0.39 is 17.5 Å². The molecule has 0 bridgehead atoms. The summed E-state index contributed by atoms with van der Waals surface area (Å²) in [6.07, 6.45) is 6.83. The molecular formula is C28H24F2N6O2. The summed E-state index contributed by atoms with van der Waals surface area (Å²) in [4.78, 5) is 32.9. The molecule has 192 valence electrons. The monoisotopic (exact) mass is 514 g/mol. The molecule has 10 heteroatoms. The molecule has 2 amide bonds. The van der Waals surface area contributed by atoms with Gasteiger partial charge in [0, 0.05) is 42.8 Å². The highest BCUT2D eigenvalue weighted by Crippen LogP contribution is 2.33. The van der Waals surface area contributed by atoms with E-state index in [4.69, 9.17) is 0 Å². The molecule has 0 aliphatic carbocycles. The van der Waals surface area contributed by atoms with Crippen molar-refractivity contribution in [1.29, 1.82) is 0 Å². The van der Waals surface area contributed by atoms with Crippen LogP contribution >= 0.6 is 0 Å². The third kappa shape index (κ3) is 6.16. The summed E-state index contributed by atoms with van der Waals surface area (Å²) >= 11 is 0. The predicted octanol–water partition coefficient (Wildman–Crippen LogP) is 4.64. The van der Waals surface area contributed by atoms with Crippen LogP contribution in [0.25, 0.3) is 11.6 Å². The summed E-state index contributed by atoms with van der Waals surface area (Å²) in [5.74, 6) is -2.24. The number of allylic oxidation sites excluding steroid dienone is 1. The van der Waals surface area contributed by atoms with E-state index in [2.05, 4.69) is 38.0 Å². The van der Waals surface area contributed by atoms with Crippen molar-refractivity contribution in [1.82, 2.24) is 15.6 Å². The predicted molar refractivity (Wildman–Crippen MR) is 145 cm³/mol. The van der Waals surface area contributed by atoms with Crippen LogP contribution in [0.15, 0.2) is 83.6 Å². The molecule has 4 rings (SSSR count). The number of nitrogens with zero attached hydrogens (tertiary/aromatic N) is 2. The Morgan fingerprint density at radius 2 is 1.97 bits per heavy atom. The van der Waals surface area contributed by atoms with Gasteiger partial charge in [0.05, 0.1) is 11.3 Å². The lowest BCUT2D eigenvalue weighted by Crippen LogP contribution is -2.24. The number of carbonyl (C=O) groups excluding carboxylic acids is 2. The van der Waals surface area contributed by atoms with Gasteiger partial charge < -0.3 is 21.3 Å². The van der Waals surface area contributed by atoms with Gasteiger partial charge in [-0.15, -0.1) is 0 Å². The number of hydrogen-bond donors (Lipinski definition) is 4. The lowest BCUT2D eigenvalue weighted by molar-refractivity contribution is -0.110. The standard InChI is InChI=1S/C28H24F2N6O2/c1-31-16-19(32-2)14-21-20-10-8-17(13-25(20)36-27(21)37)5-4-12-33-28(38)24-6-3-7-26(35-24)34-18-9-11-22(29)23(30)15-18/h3-11,13-16,32H,1,12H2,2H3,(H,33,38)(H,34,35)(H,36,37)/b5-4+,19-16-,21-14-. The van der Waals surface area contributed by atoms with Gasteiger partial charge in [-0.05, 0) is 48.7 Å². The first kappa shape index (κ1) is 26.0. The number of amides is 2. The van der Waals surface area contributed by atoms with Gasteiger partial charge in [-0.1, -0.05) is 30.4 Å². The maximum Gasteiger partial charge on any atom is 0.270 e. The van der Waals surface area contributed by atoms with Crippen molar-refractivity contribution >= 4 is 47.4 Å². The Hall–Kier alpha value is -5.12. The van der Waals surface area contributed by atoms with E-state index in [1.807, 2.05) is 24.3 Å². The average Bonchev–Trinajstić information content (AvgIpc) is 3.22. The Kier molecular flexibility index (Phi) is 8.02.